The average Bonchev–Trinajstić information content (AvgIpc) is 2.32. The summed E-state index contributed by atoms with van der Waals surface area (Å²) in [6, 6.07) is 10.1. The Bertz CT molecular complexity index is 672. The number of hydrogen-bond donors (Lipinski definition) is 1. The molecule has 0 unspecified atom stereocenters. The first-order valence-corrected chi connectivity index (χ1v) is 6.72. The van der Waals surface area contributed by atoms with E-state index in [1.807, 2.05) is 45.0 Å². The third-order valence-electron chi connectivity index (χ3n) is 2.90. The number of nitrogens with zero attached hydrogens (tertiary/aromatic N) is 2. The van der Waals surface area contributed by atoms with E-state index in [1.165, 1.54) is 0 Å². The van der Waals surface area contributed by atoms with Gasteiger partial charge in [-0.3, -0.25) is 4.98 Å². The molecule has 2 aromatic rings. The van der Waals surface area contributed by atoms with Crippen LogP contribution in [0.5, 0.6) is 0 Å². The molecule has 0 radical (unpaired) electrons. The normalized spacial score (nSPS) is 10.1. The summed E-state index contributed by atoms with van der Waals surface area (Å²) in [7, 11) is 0. The van der Waals surface area contributed by atoms with Gasteiger partial charge >= 0.3 is 0 Å². The molecule has 0 saturated carbocycles. The van der Waals surface area contributed by atoms with Gasteiger partial charge < -0.3 is 5.32 Å². The molecule has 4 heteroatoms. The van der Waals surface area contributed by atoms with Crippen LogP contribution in [0.25, 0.3) is 0 Å². The third-order valence-corrected chi connectivity index (χ3v) is 3.39. The molecule has 1 aromatic carbocycles. The first kappa shape index (κ1) is 13.6. The number of aryl methyl sites for hydroxylation is 3. The Hall–Kier alpha value is -1.86. The highest BCUT2D eigenvalue weighted by Crippen LogP contribution is 2.27. The molecule has 0 amide bonds. The van der Waals surface area contributed by atoms with Crippen molar-refractivity contribution in [2.75, 3.05) is 5.32 Å². The van der Waals surface area contributed by atoms with Gasteiger partial charge in [-0.15, -0.1) is 0 Å². The van der Waals surface area contributed by atoms with Gasteiger partial charge in [0.1, 0.15) is 6.07 Å². The van der Waals surface area contributed by atoms with E-state index in [4.69, 9.17) is 0 Å². The van der Waals surface area contributed by atoms with E-state index in [9.17, 15) is 5.26 Å². The van der Waals surface area contributed by atoms with E-state index in [0.717, 1.165) is 32.8 Å². The largest absolute Gasteiger partial charge is 0.354 e. The molecule has 2 rings (SSSR count). The van der Waals surface area contributed by atoms with Gasteiger partial charge in [-0.1, -0.05) is 15.9 Å². The van der Waals surface area contributed by atoms with Crippen LogP contribution in [0.3, 0.4) is 0 Å². The highest BCUT2D eigenvalue weighted by atomic mass is 79.9. The number of halogens is 1. The first-order chi connectivity index (χ1) is 9.01. The van der Waals surface area contributed by atoms with Gasteiger partial charge in [-0.05, 0) is 50.6 Å². The fourth-order valence-electron chi connectivity index (χ4n) is 1.98. The van der Waals surface area contributed by atoms with Crippen LogP contribution < -0.4 is 5.32 Å². The molecule has 0 aliphatic carbocycles. The zero-order chi connectivity index (χ0) is 14.0. The minimum absolute atomic E-state index is 0.591. The number of benzene rings is 1. The molecule has 0 aliphatic rings. The number of nitriles is 1. The van der Waals surface area contributed by atoms with Crippen LogP contribution in [0.15, 0.2) is 28.7 Å². The van der Waals surface area contributed by atoms with Crippen LogP contribution in [0.2, 0.25) is 0 Å². The van der Waals surface area contributed by atoms with Gasteiger partial charge in [0.2, 0.25) is 0 Å². The van der Waals surface area contributed by atoms with Crippen LogP contribution >= 0.6 is 15.9 Å². The minimum Gasteiger partial charge on any atom is -0.354 e. The van der Waals surface area contributed by atoms with Crippen molar-refractivity contribution in [2.45, 2.75) is 20.8 Å². The molecule has 0 spiro atoms. The van der Waals surface area contributed by atoms with Gasteiger partial charge in [0.25, 0.3) is 0 Å². The molecule has 0 bridgehead atoms. The number of nitrogens with one attached hydrogen (secondary N) is 1. The van der Waals surface area contributed by atoms with Gasteiger partial charge in [-0.2, -0.15) is 5.26 Å². The van der Waals surface area contributed by atoms with E-state index in [2.05, 4.69) is 32.3 Å². The number of pyridine rings is 1. The maximum Gasteiger partial charge on any atom is 0.103 e. The van der Waals surface area contributed by atoms with E-state index in [1.54, 1.807) is 0 Å². The highest BCUT2D eigenvalue weighted by molar-refractivity contribution is 9.10. The van der Waals surface area contributed by atoms with Gasteiger partial charge in [0.05, 0.1) is 16.9 Å². The van der Waals surface area contributed by atoms with E-state index in [0.29, 0.717) is 5.56 Å². The Morgan fingerprint density at radius 3 is 2.53 bits per heavy atom. The fourth-order valence-corrected chi connectivity index (χ4v) is 2.46. The monoisotopic (exact) mass is 315 g/mol. The van der Waals surface area contributed by atoms with Crippen LogP contribution in [-0.4, -0.2) is 4.98 Å². The number of rotatable bonds is 2. The molecule has 0 atom stereocenters. The molecule has 96 valence electrons. The Labute approximate surface area is 121 Å². The highest BCUT2D eigenvalue weighted by Gasteiger charge is 2.09. The molecule has 1 N–H and O–H groups in total. The first-order valence-electron chi connectivity index (χ1n) is 5.93. The fraction of sp³-hybridized carbons (Fsp3) is 0.200. The van der Waals surface area contributed by atoms with Crippen molar-refractivity contribution in [3.05, 3.63) is 51.3 Å². The second-order valence-electron chi connectivity index (χ2n) is 4.47. The Morgan fingerprint density at radius 2 is 1.89 bits per heavy atom. The molecule has 0 fully saturated rings. The standard InChI is InChI=1S/C15H14BrN3/c1-9-6-12(16)4-5-14(9)19-15-7-10(2)18-11(3)13(15)8-17/h4-7H,1-3H3,(H,18,19). The zero-order valence-electron chi connectivity index (χ0n) is 11.1. The zero-order valence-corrected chi connectivity index (χ0v) is 12.7. The maximum absolute atomic E-state index is 9.24. The Morgan fingerprint density at radius 1 is 1.16 bits per heavy atom. The molecule has 0 aliphatic heterocycles. The Balaban J connectivity index is 2.46. The van der Waals surface area contributed by atoms with E-state index < -0.39 is 0 Å². The van der Waals surface area contributed by atoms with Crippen molar-refractivity contribution in [1.82, 2.24) is 4.98 Å². The smallest absolute Gasteiger partial charge is 0.103 e. The second-order valence-corrected chi connectivity index (χ2v) is 5.38. The van der Waals surface area contributed by atoms with Gasteiger partial charge in [0.15, 0.2) is 0 Å². The van der Waals surface area contributed by atoms with Gasteiger partial charge in [0, 0.05) is 15.9 Å². The lowest BCUT2D eigenvalue weighted by Crippen LogP contribution is -2.00. The maximum atomic E-state index is 9.24. The van der Waals surface area contributed by atoms with Crippen LogP contribution in [-0.2, 0) is 0 Å². The predicted octanol–water partition coefficient (Wildman–Crippen LogP) is 4.38. The van der Waals surface area contributed by atoms with Crippen molar-refractivity contribution in [3.63, 3.8) is 0 Å². The summed E-state index contributed by atoms with van der Waals surface area (Å²) < 4.78 is 1.04. The number of anilines is 2. The molecule has 1 aromatic heterocycles. The molecule has 3 nitrogen and oxygen atoms in total. The van der Waals surface area contributed by atoms with Crippen molar-refractivity contribution in [2.24, 2.45) is 0 Å². The third kappa shape index (κ3) is 2.94. The lowest BCUT2D eigenvalue weighted by atomic mass is 10.1. The quantitative estimate of drug-likeness (QED) is 0.894. The van der Waals surface area contributed by atoms with Crippen LogP contribution in [0.4, 0.5) is 11.4 Å². The summed E-state index contributed by atoms with van der Waals surface area (Å²) >= 11 is 3.44. The summed E-state index contributed by atoms with van der Waals surface area (Å²) in [6.45, 7) is 5.80. The summed E-state index contributed by atoms with van der Waals surface area (Å²) in [5.74, 6) is 0. The van der Waals surface area contributed by atoms with Gasteiger partial charge in [-0.25, -0.2) is 0 Å². The van der Waals surface area contributed by atoms with Crippen molar-refractivity contribution in [1.29, 1.82) is 5.26 Å². The van der Waals surface area contributed by atoms with E-state index in [-0.39, 0.29) is 0 Å². The molecule has 19 heavy (non-hydrogen) atoms. The van der Waals surface area contributed by atoms with Crippen molar-refractivity contribution >= 4 is 27.3 Å². The van der Waals surface area contributed by atoms with Crippen LogP contribution in [0, 0.1) is 32.1 Å². The van der Waals surface area contributed by atoms with Crippen LogP contribution in [0.1, 0.15) is 22.5 Å². The lowest BCUT2D eigenvalue weighted by molar-refractivity contribution is 1.11. The molecule has 0 saturated heterocycles. The van der Waals surface area contributed by atoms with Crippen molar-refractivity contribution < 1.29 is 0 Å². The van der Waals surface area contributed by atoms with Crippen molar-refractivity contribution in [3.8, 4) is 6.07 Å². The SMILES string of the molecule is Cc1cc(Nc2ccc(Br)cc2C)c(C#N)c(C)n1. The lowest BCUT2D eigenvalue weighted by Gasteiger charge is -2.13. The second kappa shape index (κ2) is 5.41. The summed E-state index contributed by atoms with van der Waals surface area (Å²) in [5, 5.41) is 12.6. The molecular formula is C15H14BrN3. The summed E-state index contributed by atoms with van der Waals surface area (Å²) in [6.07, 6.45) is 0. The predicted molar refractivity (Wildman–Crippen MR) is 80.6 cm³/mol. The Kier molecular flexibility index (Phi) is 3.87. The van der Waals surface area contributed by atoms with E-state index >= 15 is 0 Å². The molecule has 1 heterocycles. The average molecular weight is 316 g/mol. The number of hydrogen-bond acceptors (Lipinski definition) is 3. The minimum atomic E-state index is 0.591. The topological polar surface area (TPSA) is 48.7 Å². The molecular weight excluding hydrogens is 302 g/mol. The summed E-state index contributed by atoms with van der Waals surface area (Å²) in [4.78, 5) is 4.31. The summed E-state index contributed by atoms with van der Waals surface area (Å²) in [5.41, 5.74) is 5.15. The number of aromatic nitrogens is 1.